The molecule has 1 heterocycles. The Kier molecular flexibility index (Phi) is 5.15. The van der Waals surface area contributed by atoms with Gasteiger partial charge >= 0.3 is 0 Å². The van der Waals surface area contributed by atoms with Crippen LogP contribution in [0.3, 0.4) is 0 Å². The van der Waals surface area contributed by atoms with E-state index in [1.54, 1.807) is 0 Å². The molecule has 1 aromatic carbocycles. The lowest BCUT2D eigenvalue weighted by Gasteiger charge is -2.16. The molecule has 0 saturated heterocycles. The van der Waals surface area contributed by atoms with Crippen LogP contribution in [0.4, 0.5) is 0 Å². The molecule has 0 saturated carbocycles. The number of rotatable bonds is 6. The number of nitrogens with zero attached hydrogens (tertiary/aromatic N) is 2. The molecule has 3 N–H and O–H groups in total. The fraction of sp³-hybridized carbons (Fsp3) is 0.471. The first-order valence-electron chi connectivity index (χ1n) is 7.62. The molecule has 0 spiro atoms. The number of hydrogen-bond donors (Lipinski definition) is 2. The van der Waals surface area contributed by atoms with Crippen molar-refractivity contribution in [2.75, 3.05) is 0 Å². The fourth-order valence-corrected chi connectivity index (χ4v) is 2.65. The van der Waals surface area contributed by atoms with Crippen molar-refractivity contribution in [3.05, 3.63) is 52.8 Å². The third-order valence-electron chi connectivity index (χ3n) is 3.94. The Bertz CT molecular complexity index is 569. The number of aryl methyl sites for hydroxylation is 2. The van der Waals surface area contributed by atoms with Gasteiger partial charge in [0.25, 0.3) is 0 Å². The summed E-state index contributed by atoms with van der Waals surface area (Å²) in [6.07, 6.45) is 3.85. The summed E-state index contributed by atoms with van der Waals surface area (Å²) < 4.78 is 1.86. The molecule has 0 aliphatic rings. The molecule has 0 radical (unpaired) electrons. The maximum absolute atomic E-state index is 5.78. The van der Waals surface area contributed by atoms with Gasteiger partial charge in [-0.2, -0.15) is 5.10 Å². The van der Waals surface area contributed by atoms with Crippen molar-refractivity contribution in [2.24, 2.45) is 12.9 Å². The van der Waals surface area contributed by atoms with Gasteiger partial charge in [-0.25, -0.2) is 0 Å². The number of nitrogens with two attached hydrogens (primary N) is 1. The monoisotopic (exact) mass is 286 g/mol. The molecule has 21 heavy (non-hydrogen) atoms. The molecule has 4 heteroatoms. The zero-order chi connectivity index (χ0) is 15.4. The number of benzene rings is 1. The highest BCUT2D eigenvalue weighted by molar-refractivity contribution is 5.28. The van der Waals surface area contributed by atoms with Crippen molar-refractivity contribution in [1.82, 2.24) is 15.2 Å². The minimum atomic E-state index is 0.0959. The molecule has 0 fully saturated rings. The largest absolute Gasteiger partial charge is 0.275 e. The normalized spacial score (nSPS) is 12.9. The van der Waals surface area contributed by atoms with Crippen LogP contribution in [0.5, 0.6) is 0 Å². The van der Waals surface area contributed by atoms with Gasteiger partial charge in [0.05, 0.1) is 11.7 Å². The molecular formula is C17H26N4. The Morgan fingerprint density at radius 1 is 1.24 bits per heavy atom. The van der Waals surface area contributed by atoms with E-state index in [0.717, 1.165) is 18.5 Å². The van der Waals surface area contributed by atoms with E-state index in [0.29, 0.717) is 5.92 Å². The second-order valence-corrected chi connectivity index (χ2v) is 5.88. The Hall–Kier alpha value is -1.65. The second kappa shape index (κ2) is 6.87. The van der Waals surface area contributed by atoms with Crippen molar-refractivity contribution in [3.63, 3.8) is 0 Å². The first-order chi connectivity index (χ1) is 10.0. The highest BCUT2D eigenvalue weighted by Gasteiger charge is 2.17. The first kappa shape index (κ1) is 15.7. The summed E-state index contributed by atoms with van der Waals surface area (Å²) in [6, 6.07) is 8.90. The quantitative estimate of drug-likeness (QED) is 0.634. The Morgan fingerprint density at radius 3 is 2.43 bits per heavy atom. The Labute approximate surface area is 127 Å². The summed E-state index contributed by atoms with van der Waals surface area (Å²) in [5.41, 5.74) is 7.89. The zero-order valence-corrected chi connectivity index (χ0v) is 13.4. The van der Waals surface area contributed by atoms with Crippen molar-refractivity contribution in [2.45, 2.75) is 45.6 Å². The third kappa shape index (κ3) is 3.71. The lowest BCUT2D eigenvalue weighted by molar-refractivity contribution is 0.547. The summed E-state index contributed by atoms with van der Waals surface area (Å²) >= 11 is 0. The maximum Gasteiger partial charge on any atom is 0.0670 e. The highest BCUT2D eigenvalue weighted by Crippen LogP contribution is 2.22. The molecule has 0 aliphatic heterocycles. The average molecular weight is 286 g/mol. The van der Waals surface area contributed by atoms with Gasteiger partial charge in [0.2, 0.25) is 0 Å². The minimum Gasteiger partial charge on any atom is -0.275 e. The van der Waals surface area contributed by atoms with Crippen LogP contribution >= 0.6 is 0 Å². The van der Waals surface area contributed by atoms with Crippen molar-refractivity contribution in [3.8, 4) is 0 Å². The van der Waals surface area contributed by atoms with Crippen LogP contribution in [0.2, 0.25) is 0 Å². The SMILES string of the molecule is CCc1nn(C)cc1C(Cc1ccc(C(C)C)cc1)NN. The average Bonchev–Trinajstić information content (AvgIpc) is 2.86. The van der Waals surface area contributed by atoms with Gasteiger partial charge in [0.15, 0.2) is 0 Å². The second-order valence-electron chi connectivity index (χ2n) is 5.88. The molecule has 0 aliphatic carbocycles. The van der Waals surface area contributed by atoms with Gasteiger partial charge in [-0.3, -0.25) is 16.0 Å². The fourth-order valence-electron chi connectivity index (χ4n) is 2.65. The molecule has 4 nitrogen and oxygen atoms in total. The van der Waals surface area contributed by atoms with Gasteiger partial charge in [-0.05, 0) is 29.9 Å². The van der Waals surface area contributed by atoms with Gasteiger partial charge < -0.3 is 0 Å². The lowest BCUT2D eigenvalue weighted by atomic mass is 9.96. The molecular weight excluding hydrogens is 260 g/mol. The van der Waals surface area contributed by atoms with Crippen LogP contribution in [0.1, 0.15) is 55.1 Å². The van der Waals surface area contributed by atoms with Crippen LogP contribution in [0.15, 0.2) is 30.5 Å². The number of aromatic nitrogens is 2. The smallest absolute Gasteiger partial charge is 0.0670 e. The maximum atomic E-state index is 5.78. The predicted octanol–water partition coefficient (Wildman–Crippen LogP) is 2.85. The van der Waals surface area contributed by atoms with Crippen LogP contribution in [-0.2, 0) is 19.9 Å². The highest BCUT2D eigenvalue weighted by atomic mass is 15.3. The molecule has 1 aromatic heterocycles. The van der Waals surface area contributed by atoms with E-state index < -0.39 is 0 Å². The Morgan fingerprint density at radius 2 is 1.90 bits per heavy atom. The standard InChI is InChI=1S/C17H26N4/c1-5-16-15(11-21(4)20-16)17(19-18)10-13-6-8-14(9-7-13)12(2)3/h6-9,11-12,17,19H,5,10,18H2,1-4H3. The number of hydrazine groups is 1. The minimum absolute atomic E-state index is 0.0959. The van der Waals surface area contributed by atoms with Crippen LogP contribution < -0.4 is 11.3 Å². The zero-order valence-electron chi connectivity index (χ0n) is 13.4. The Balaban J connectivity index is 2.18. The van der Waals surface area contributed by atoms with E-state index in [-0.39, 0.29) is 6.04 Å². The van der Waals surface area contributed by atoms with E-state index in [1.165, 1.54) is 16.7 Å². The van der Waals surface area contributed by atoms with Gasteiger partial charge in [-0.1, -0.05) is 45.0 Å². The molecule has 2 rings (SSSR count). The van der Waals surface area contributed by atoms with Crippen LogP contribution in [0.25, 0.3) is 0 Å². The van der Waals surface area contributed by atoms with E-state index in [4.69, 9.17) is 5.84 Å². The van der Waals surface area contributed by atoms with Crippen molar-refractivity contribution < 1.29 is 0 Å². The first-order valence-corrected chi connectivity index (χ1v) is 7.62. The summed E-state index contributed by atoms with van der Waals surface area (Å²) in [4.78, 5) is 0. The van der Waals surface area contributed by atoms with E-state index >= 15 is 0 Å². The van der Waals surface area contributed by atoms with Crippen molar-refractivity contribution in [1.29, 1.82) is 0 Å². The summed E-state index contributed by atoms with van der Waals surface area (Å²) in [7, 11) is 1.95. The molecule has 2 aromatic rings. The summed E-state index contributed by atoms with van der Waals surface area (Å²) in [5, 5.41) is 4.50. The van der Waals surface area contributed by atoms with Crippen molar-refractivity contribution >= 4 is 0 Å². The van der Waals surface area contributed by atoms with Crippen LogP contribution in [-0.4, -0.2) is 9.78 Å². The van der Waals surface area contributed by atoms with E-state index in [2.05, 4.69) is 61.8 Å². The number of nitrogens with one attached hydrogen (secondary N) is 1. The molecule has 0 amide bonds. The molecule has 0 bridgehead atoms. The summed E-state index contributed by atoms with van der Waals surface area (Å²) in [6.45, 7) is 6.54. The lowest BCUT2D eigenvalue weighted by Crippen LogP contribution is -2.30. The summed E-state index contributed by atoms with van der Waals surface area (Å²) in [5.74, 6) is 6.34. The predicted molar refractivity (Wildman–Crippen MR) is 86.9 cm³/mol. The third-order valence-corrected chi connectivity index (χ3v) is 3.94. The van der Waals surface area contributed by atoms with Gasteiger partial charge in [-0.15, -0.1) is 0 Å². The topological polar surface area (TPSA) is 55.9 Å². The molecule has 1 unspecified atom stereocenters. The van der Waals surface area contributed by atoms with Gasteiger partial charge in [0, 0.05) is 18.8 Å². The van der Waals surface area contributed by atoms with E-state index in [1.807, 2.05) is 11.7 Å². The van der Waals surface area contributed by atoms with Crippen LogP contribution in [0, 0.1) is 0 Å². The molecule has 1 atom stereocenters. The van der Waals surface area contributed by atoms with E-state index in [9.17, 15) is 0 Å². The molecule has 114 valence electrons. The van der Waals surface area contributed by atoms with Gasteiger partial charge in [0.1, 0.15) is 0 Å². The number of hydrogen-bond acceptors (Lipinski definition) is 3.